The predicted molar refractivity (Wildman–Crippen MR) is 135 cm³/mol. The van der Waals surface area contributed by atoms with Gasteiger partial charge in [0.25, 0.3) is 0 Å². The Hall–Kier alpha value is -0.390. The number of hydrogen-bond acceptors (Lipinski definition) is 3. The fraction of sp³-hybridized carbons (Fsp3) is 0.643. The molecule has 5 heteroatoms. The third kappa shape index (κ3) is 10.8. The molecule has 0 unspecified atom stereocenters. The molecule has 0 aliphatic rings. The van der Waals surface area contributed by atoms with E-state index in [4.69, 9.17) is 0 Å². The van der Waals surface area contributed by atoms with Crippen molar-refractivity contribution in [3.8, 4) is 0 Å². The van der Waals surface area contributed by atoms with Crippen molar-refractivity contribution in [2.24, 2.45) is 0 Å². The van der Waals surface area contributed by atoms with Gasteiger partial charge in [-0.05, 0) is 53.6 Å². The van der Waals surface area contributed by atoms with Gasteiger partial charge >= 0.3 is 29.6 Å². The predicted octanol–water partition coefficient (Wildman–Crippen LogP) is 5.33. The number of aryl methyl sites for hydroxylation is 2. The maximum atomic E-state index is 11.9. The molecule has 0 saturated carbocycles. The Balaban J connectivity index is 0.00000544. The molecule has 3 nitrogen and oxygen atoms in total. The minimum Gasteiger partial charge on any atom is -0.744 e. The van der Waals surface area contributed by atoms with E-state index >= 15 is 0 Å². The van der Waals surface area contributed by atoms with Crippen molar-refractivity contribution in [2.45, 2.75) is 121 Å². The van der Waals surface area contributed by atoms with Crippen LogP contribution in [0.1, 0.15) is 115 Å². The van der Waals surface area contributed by atoms with Crippen LogP contribution in [0.5, 0.6) is 0 Å². The average molecular weight is 483 g/mol. The quantitative estimate of drug-likeness (QED) is 0.174. The Morgan fingerprint density at radius 3 is 1.58 bits per heavy atom. The summed E-state index contributed by atoms with van der Waals surface area (Å²) in [6.45, 7) is 4.47. The van der Waals surface area contributed by atoms with Crippen LogP contribution < -0.4 is 29.6 Å². The maximum Gasteiger partial charge on any atom is 1.00 e. The topological polar surface area (TPSA) is 57.2 Å². The SMILES string of the molecule is CCCCCCCCCc1cccc2c(S(=O)(=O)[O-])ccc(CCCCCCCCC)c12.[Na+]. The van der Waals surface area contributed by atoms with Gasteiger partial charge in [0.05, 0.1) is 4.90 Å². The van der Waals surface area contributed by atoms with Gasteiger partial charge in [0.15, 0.2) is 0 Å². The van der Waals surface area contributed by atoms with E-state index < -0.39 is 10.1 Å². The first kappa shape index (κ1) is 30.6. The molecule has 0 spiro atoms. The van der Waals surface area contributed by atoms with E-state index in [-0.39, 0.29) is 34.5 Å². The smallest absolute Gasteiger partial charge is 0.744 e. The molecule has 0 fully saturated rings. The first-order valence-electron chi connectivity index (χ1n) is 13.0. The summed E-state index contributed by atoms with van der Waals surface area (Å²) in [6.07, 6.45) is 19.4. The summed E-state index contributed by atoms with van der Waals surface area (Å²) >= 11 is 0. The summed E-state index contributed by atoms with van der Waals surface area (Å²) in [6, 6.07) is 9.25. The van der Waals surface area contributed by atoms with Crippen LogP contribution in [0.4, 0.5) is 0 Å². The molecule has 33 heavy (non-hydrogen) atoms. The van der Waals surface area contributed by atoms with Gasteiger partial charge in [0.2, 0.25) is 0 Å². The van der Waals surface area contributed by atoms with Crippen LogP contribution in [0.25, 0.3) is 10.8 Å². The van der Waals surface area contributed by atoms with Crippen molar-refractivity contribution in [1.29, 1.82) is 0 Å². The average Bonchev–Trinajstić information content (AvgIpc) is 2.77. The largest absolute Gasteiger partial charge is 1.00 e. The van der Waals surface area contributed by atoms with Gasteiger partial charge in [0.1, 0.15) is 10.1 Å². The molecule has 0 radical (unpaired) electrons. The normalized spacial score (nSPS) is 11.6. The van der Waals surface area contributed by atoms with Gasteiger partial charge in [-0.2, -0.15) is 0 Å². The summed E-state index contributed by atoms with van der Waals surface area (Å²) in [5, 5.41) is 1.63. The van der Waals surface area contributed by atoms with Crippen LogP contribution >= 0.6 is 0 Å². The van der Waals surface area contributed by atoms with Gasteiger partial charge in [-0.25, -0.2) is 8.42 Å². The Labute approximate surface area is 225 Å². The number of benzene rings is 2. The summed E-state index contributed by atoms with van der Waals surface area (Å²) in [4.78, 5) is -0.0720. The van der Waals surface area contributed by atoms with Crippen molar-refractivity contribution in [1.82, 2.24) is 0 Å². The van der Waals surface area contributed by atoms with Gasteiger partial charge < -0.3 is 4.55 Å². The second kappa shape index (κ2) is 17.1. The van der Waals surface area contributed by atoms with Crippen LogP contribution in [-0.2, 0) is 23.0 Å². The molecule has 0 bridgehead atoms. The molecule has 0 heterocycles. The summed E-state index contributed by atoms with van der Waals surface area (Å²) in [5.74, 6) is 0. The Bertz CT molecular complexity index is 884. The minimum absolute atomic E-state index is 0. The van der Waals surface area contributed by atoms with E-state index in [9.17, 15) is 13.0 Å². The third-order valence-electron chi connectivity index (χ3n) is 6.54. The zero-order valence-corrected chi connectivity index (χ0v) is 24.1. The van der Waals surface area contributed by atoms with Crippen LogP contribution in [0.2, 0.25) is 0 Å². The molecule has 0 aliphatic heterocycles. The monoisotopic (exact) mass is 482 g/mol. The number of hydrogen-bond donors (Lipinski definition) is 0. The second-order valence-corrected chi connectivity index (χ2v) is 10.6. The third-order valence-corrected chi connectivity index (χ3v) is 7.44. The zero-order valence-electron chi connectivity index (χ0n) is 21.3. The van der Waals surface area contributed by atoms with E-state index in [0.717, 1.165) is 31.1 Å². The summed E-state index contributed by atoms with van der Waals surface area (Å²) in [7, 11) is -4.49. The molecule has 0 atom stereocenters. The molecule has 180 valence electrons. The van der Waals surface area contributed by atoms with Crippen molar-refractivity contribution in [3.63, 3.8) is 0 Å². The second-order valence-electron chi connectivity index (χ2n) is 9.26. The zero-order chi connectivity index (χ0) is 23.2. The molecule has 0 amide bonds. The minimum atomic E-state index is -4.49. The fourth-order valence-corrected chi connectivity index (χ4v) is 5.39. The molecule has 2 aromatic carbocycles. The van der Waals surface area contributed by atoms with Crippen molar-refractivity contribution >= 4 is 20.9 Å². The van der Waals surface area contributed by atoms with Crippen LogP contribution in [0.3, 0.4) is 0 Å². The number of unbranched alkanes of at least 4 members (excludes halogenated alkanes) is 12. The van der Waals surface area contributed by atoms with E-state index in [1.807, 2.05) is 18.2 Å². The van der Waals surface area contributed by atoms with Gasteiger partial charge in [0, 0.05) is 0 Å². The van der Waals surface area contributed by atoms with Crippen molar-refractivity contribution < 1.29 is 42.5 Å². The molecule has 0 N–H and O–H groups in total. The van der Waals surface area contributed by atoms with Crippen LogP contribution in [-0.4, -0.2) is 13.0 Å². The Morgan fingerprint density at radius 2 is 1.09 bits per heavy atom. The molecular formula is C28H43NaO3S. The van der Waals surface area contributed by atoms with Gasteiger partial charge in [-0.15, -0.1) is 0 Å². The van der Waals surface area contributed by atoms with Crippen LogP contribution in [0, 0.1) is 0 Å². The van der Waals surface area contributed by atoms with E-state index in [2.05, 4.69) is 19.9 Å². The van der Waals surface area contributed by atoms with Gasteiger partial charge in [-0.1, -0.05) is 115 Å². The van der Waals surface area contributed by atoms with Crippen LogP contribution in [0.15, 0.2) is 35.2 Å². The Kier molecular flexibility index (Phi) is 15.9. The standard InChI is InChI=1S/C28H44O3S.Na/c1-3-5-7-9-11-13-15-18-24-20-17-21-26-27(32(29,30)31)23-22-25(28(24)26)19-16-14-12-10-8-6-4-2;/h17,20-23H,3-16,18-19H2,1-2H3,(H,29,30,31);/q;+1/p-1. The molecule has 2 rings (SSSR count). The maximum absolute atomic E-state index is 11.9. The molecule has 0 aliphatic carbocycles. The first-order chi connectivity index (χ1) is 15.5. The number of fused-ring (bicyclic) bond motifs is 1. The molecule has 0 saturated heterocycles. The van der Waals surface area contributed by atoms with E-state index in [1.54, 1.807) is 0 Å². The fourth-order valence-electron chi connectivity index (χ4n) is 4.71. The van der Waals surface area contributed by atoms with Crippen molar-refractivity contribution in [2.75, 3.05) is 0 Å². The Morgan fingerprint density at radius 1 is 0.636 bits per heavy atom. The van der Waals surface area contributed by atoms with E-state index in [1.165, 1.54) is 94.2 Å². The van der Waals surface area contributed by atoms with E-state index in [0.29, 0.717) is 5.39 Å². The van der Waals surface area contributed by atoms with Gasteiger partial charge in [-0.3, -0.25) is 0 Å². The summed E-state index contributed by atoms with van der Waals surface area (Å²) in [5.41, 5.74) is 2.39. The summed E-state index contributed by atoms with van der Waals surface area (Å²) < 4.78 is 35.7. The van der Waals surface area contributed by atoms with Crippen molar-refractivity contribution in [3.05, 3.63) is 41.5 Å². The number of rotatable bonds is 17. The molecule has 0 aromatic heterocycles. The molecular weight excluding hydrogens is 439 g/mol. The first-order valence-corrected chi connectivity index (χ1v) is 14.4. The molecule has 2 aromatic rings.